The molecule has 5 aliphatic rings. The van der Waals surface area contributed by atoms with Gasteiger partial charge in [-0.2, -0.15) is 20.4 Å². The van der Waals surface area contributed by atoms with Gasteiger partial charge in [0.05, 0.1) is 104 Å². The van der Waals surface area contributed by atoms with Crippen LogP contribution < -0.4 is 57.1 Å². The number of carbonyl (C=O) groups is 3. The van der Waals surface area contributed by atoms with E-state index in [1.165, 1.54) is 50.7 Å². The minimum absolute atomic E-state index is 0. The summed E-state index contributed by atoms with van der Waals surface area (Å²) in [4.78, 5) is 71.7. The number of nitrogen functional groups attached to an aromatic ring is 1. The van der Waals surface area contributed by atoms with Gasteiger partial charge in [0.25, 0.3) is 11.8 Å². The molecule has 0 atom stereocenters. The Morgan fingerprint density at radius 1 is 0.475 bits per heavy atom. The number of aromatic nitrogens is 22. The highest BCUT2D eigenvalue weighted by molar-refractivity contribution is 9.10. The van der Waals surface area contributed by atoms with E-state index in [9.17, 15) is 31.9 Å². The summed E-state index contributed by atoms with van der Waals surface area (Å²) in [6.45, 7) is 22.0. The molecule has 1 fully saturated rings. The molecule has 1 saturated heterocycles. The number of nitrogens with zero attached hydrogens (tertiary/aromatic N) is 22. The topological polar surface area (TPSA) is 503 Å². The lowest BCUT2D eigenvalue weighted by atomic mass is 9.84. The predicted molar refractivity (Wildman–Crippen MR) is 519 cm³/mol. The molecule has 13 aromatic heterocycles. The number of benzene rings is 4. The molecule has 734 valence electrons. The number of carbonyl (C=O) groups excluding carboxylic acids is 3. The minimum Gasteiger partial charge on any atom is -0.493 e. The Hall–Kier alpha value is -15.7. The SMILES string of the molecule is C.CC(=O)c1cn2c(NCc3c(F)ccc4c3CCO4)ncc(-c3cc(C)nn3C)c2n1.CC(=O)c1cn2c(NCc3c(F)ccc4c3CCO4)ncc(Br)c2n1.Cc1cc(-c2cnc(NCc3c(F)ccc4c3CCO4)n3cc(-c4nnco4)nc23)n(C)n1.Cc1cc(-c2cnc(NCc3c(F)ccc4c3CCO4)n3cc(C(=O)NN)nc23)n(C)n1.Cc1cc(B2OC(C)(C)C(C)(C)O2)n(C)n1.N=N.O.[HH]. The molecule has 0 aliphatic carbocycles. The number of Topliss-reactive ketones (excluding diaryl/α,β-unsaturated/α-hetero) is 2. The van der Waals surface area contributed by atoms with Crippen molar-refractivity contribution in [3.8, 4) is 68.4 Å². The van der Waals surface area contributed by atoms with Crippen molar-refractivity contribution in [3.05, 3.63) is 241 Å². The number of hydrogen-bond acceptors (Lipinski definition) is 31. The van der Waals surface area contributed by atoms with E-state index in [0.29, 0.717) is 160 Å². The average Bonchev–Trinajstić information content (AvgIpc) is 1.62. The Balaban J connectivity index is 0.000000142. The molecule has 0 spiro atoms. The monoisotopic (exact) mass is 1990 g/mol. The number of hydrazine groups is 1. The van der Waals surface area contributed by atoms with Gasteiger partial charge in [-0.1, -0.05) is 7.43 Å². The van der Waals surface area contributed by atoms with Crippen LogP contribution in [0.3, 0.4) is 0 Å². The molecule has 11 N–H and O–H groups in total. The van der Waals surface area contributed by atoms with Crippen LogP contribution in [0.15, 0.2) is 138 Å². The van der Waals surface area contributed by atoms with Gasteiger partial charge >= 0.3 is 7.12 Å². The van der Waals surface area contributed by atoms with Gasteiger partial charge in [-0.25, -0.2) is 74.3 Å². The van der Waals surface area contributed by atoms with Crippen LogP contribution in [0.5, 0.6) is 23.0 Å². The van der Waals surface area contributed by atoms with Crippen molar-refractivity contribution in [1.82, 2.24) is 112 Å². The molecule has 5 aliphatic heterocycles. The molecular formula is C94H104BBrF4N30O11. The molecule has 0 bridgehead atoms. The number of nitrogens with two attached hydrogens (primary N) is 1. The lowest BCUT2D eigenvalue weighted by molar-refractivity contribution is 0.00578. The summed E-state index contributed by atoms with van der Waals surface area (Å²) in [6.07, 6.45) is 17.2. The van der Waals surface area contributed by atoms with Gasteiger partial charge in [-0.15, -0.1) is 10.2 Å². The summed E-state index contributed by atoms with van der Waals surface area (Å²) in [5.41, 5.74) is 30.1. The molecule has 0 unspecified atom stereocenters. The normalized spacial score (nSPS) is 13.6. The van der Waals surface area contributed by atoms with E-state index in [-0.39, 0.29) is 99.4 Å². The minimum atomic E-state index is -0.532. The maximum absolute atomic E-state index is 14.6. The van der Waals surface area contributed by atoms with Crippen LogP contribution >= 0.6 is 15.9 Å². The Bertz CT molecular complexity index is 7610. The van der Waals surface area contributed by atoms with E-state index in [4.69, 9.17) is 54.6 Å². The van der Waals surface area contributed by atoms with Crippen molar-refractivity contribution in [3.63, 3.8) is 0 Å². The van der Waals surface area contributed by atoms with E-state index >= 15 is 0 Å². The van der Waals surface area contributed by atoms with Crippen LogP contribution in [-0.2, 0) is 89.4 Å². The molecule has 18 heterocycles. The maximum Gasteiger partial charge on any atom is 0.514 e. The van der Waals surface area contributed by atoms with Crippen LogP contribution in [0, 0.1) is 62.0 Å². The summed E-state index contributed by atoms with van der Waals surface area (Å²) < 4.78 is 112. The molecule has 0 radical (unpaired) electrons. The fraction of sp³-hybridized carbons (Fsp3) is 0.309. The Labute approximate surface area is 813 Å². The van der Waals surface area contributed by atoms with Crippen molar-refractivity contribution in [1.29, 1.82) is 11.1 Å². The number of imidazole rings is 4. The fourth-order valence-corrected chi connectivity index (χ4v) is 17.3. The molecule has 4 aromatic carbocycles. The van der Waals surface area contributed by atoms with Crippen LogP contribution in [0.4, 0.5) is 41.4 Å². The fourth-order valence-electron chi connectivity index (χ4n) is 17.0. The molecule has 0 saturated carbocycles. The van der Waals surface area contributed by atoms with Crippen LogP contribution in [-0.4, -0.2) is 174 Å². The van der Waals surface area contributed by atoms with Crippen molar-refractivity contribution >= 4 is 92.5 Å². The van der Waals surface area contributed by atoms with Crippen LogP contribution in [0.2, 0.25) is 0 Å². The number of anilines is 4. The summed E-state index contributed by atoms with van der Waals surface area (Å²) in [5, 5.41) is 38.0. The molecule has 22 rings (SSSR count). The number of ketones is 2. The van der Waals surface area contributed by atoms with E-state index in [2.05, 4.69) is 136 Å². The van der Waals surface area contributed by atoms with Crippen LogP contribution in [0.1, 0.15) is 149 Å². The van der Waals surface area contributed by atoms with Gasteiger partial charge in [0.1, 0.15) is 69.0 Å². The first-order valence-electron chi connectivity index (χ1n) is 44.0. The number of hydrogen-bond donors (Lipinski definition) is 8. The van der Waals surface area contributed by atoms with Crippen molar-refractivity contribution in [2.75, 3.05) is 47.7 Å². The number of amides is 1. The Morgan fingerprint density at radius 3 is 1.13 bits per heavy atom. The van der Waals surface area contributed by atoms with Crippen molar-refractivity contribution in [2.24, 2.45) is 34.0 Å². The second kappa shape index (κ2) is 41.1. The molecule has 1 amide bonds. The third-order valence-corrected chi connectivity index (χ3v) is 25.0. The third-order valence-electron chi connectivity index (χ3n) is 24.4. The molecule has 41 nitrogen and oxygen atoms in total. The number of ether oxygens (including phenoxy) is 4. The number of rotatable bonds is 20. The number of nitrogens with one attached hydrogen (secondary N) is 7. The van der Waals surface area contributed by atoms with Gasteiger partial charge in [0.15, 0.2) is 34.2 Å². The first-order valence-corrected chi connectivity index (χ1v) is 44.8. The van der Waals surface area contributed by atoms with Crippen molar-refractivity contribution < 1.29 is 71.5 Å². The zero-order chi connectivity index (χ0) is 98.3. The maximum atomic E-state index is 14.6. The quantitative estimate of drug-likeness (QED) is 0.00668. The average molecular weight is 2000 g/mol. The van der Waals surface area contributed by atoms with Gasteiger partial charge in [-0.05, 0) is 144 Å². The van der Waals surface area contributed by atoms with Gasteiger partial charge < -0.3 is 59.4 Å². The zero-order valence-electron chi connectivity index (χ0n) is 78.6. The molecule has 47 heteroatoms. The summed E-state index contributed by atoms with van der Waals surface area (Å²) in [5.74, 6) is 8.36. The Morgan fingerprint density at radius 2 is 0.801 bits per heavy atom. The third kappa shape index (κ3) is 20.1. The highest BCUT2D eigenvalue weighted by Gasteiger charge is 2.53. The number of halogens is 5. The van der Waals surface area contributed by atoms with Gasteiger partial charge in [0, 0.05) is 189 Å². The second-order valence-electron chi connectivity index (χ2n) is 34.1. The summed E-state index contributed by atoms with van der Waals surface area (Å²) in [6, 6.07) is 20.1. The number of fused-ring (bicyclic) bond motifs is 8. The molecular weight excluding hydrogens is 1890 g/mol. The van der Waals surface area contributed by atoms with E-state index in [1.54, 1.807) is 99.3 Å². The number of aryl methyl sites for hydroxylation is 8. The van der Waals surface area contributed by atoms with Crippen molar-refractivity contribution in [2.45, 2.75) is 140 Å². The lowest BCUT2D eigenvalue weighted by Gasteiger charge is -2.32. The standard InChI is InChI=1S/C22H19FN8O2.C22H21FN6O2.C21H21FN8O2.C17H14BrFN4O2.C11H19BN2O2.CH4.H2N2.H2O.H2/c1-12-7-18(30(2)29-12)15-9-25-22(31-10-17(27-20(15)31)21-28-26-11-33-21)24-8-14-13-5-6-32-19(13)4-3-16(14)23;1-12-8-19(28(3)27-12)16-10-25-22(29-11-18(13(2)30)26-21(16)29)24-9-15-14-6-7-31-20(14)5-4-17(15)23;1-11-7-17(29(2)28-11)14-9-25-21(30-10-16(20(31)27-23)26-19(14)30)24-8-13-12-5-6-32-18(12)4-3-15(13)22;1-9(24)14-8-23-16(22-14)12(18)7-21-17(23)20-6-11-10-4-5-25-15(10)3-2-13(11)19;1-8-7-9(14(6)13-8)12-15-10(2,3)11(4,5)16-12;;1-2;;/h3-4,7,9-11H,5-6,8H2,1-2H3,(H,24,25);4-5,8,10-11H,6-7,9H2,1-3H3,(H,24,25);3-4,7,9-10H,5-6,8,23H2,1-2H3,(H,24,25)(H,27,31);2-3,7-8H,4-6H2,1H3,(H,20,21);7H,1-6H3;1H4;1-2H;1H2;1H. The van der Waals surface area contributed by atoms with Gasteiger partial charge in [-0.3, -0.25) is 56.1 Å². The second-order valence-corrected chi connectivity index (χ2v) is 35.0. The lowest BCUT2D eigenvalue weighted by Crippen LogP contribution is -2.41. The molecule has 141 heavy (non-hydrogen) atoms. The molecule has 17 aromatic rings. The highest BCUT2D eigenvalue weighted by atomic mass is 79.9. The highest BCUT2D eigenvalue weighted by Crippen LogP contribution is 2.40. The van der Waals surface area contributed by atoms with E-state index in [0.717, 1.165) is 96.1 Å². The van der Waals surface area contributed by atoms with Crippen LogP contribution in [0.25, 0.3) is 67.9 Å². The smallest absolute Gasteiger partial charge is 0.493 e. The summed E-state index contributed by atoms with van der Waals surface area (Å²) in [7, 11) is 7.13. The van der Waals surface area contributed by atoms with E-state index in [1.807, 2.05) is 84.8 Å². The van der Waals surface area contributed by atoms with Gasteiger partial charge in [0.2, 0.25) is 30.2 Å². The first-order chi connectivity index (χ1) is 66.7. The zero-order valence-corrected chi connectivity index (χ0v) is 80.2. The summed E-state index contributed by atoms with van der Waals surface area (Å²) >= 11 is 3.38. The Kier molecular flexibility index (Phi) is 29.1. The van der Waals surface area contributed by atoms with E-state index < -0.39 is 5.91 Å². The predicted octanol–water partition coefficient (Wildman–Crippen LogP) is 13.3. The largest absolute Gasteiger partial charge is 0.514 e. The first kappa shape index (κ1) is 99.7.